The number of phenols is 1. The Morgan fingerprint density at radius 3 is 2.55 bits per heavy atom. The van der Waals surface area contributed by atoms with Gasteiger partial charge >= 0.3 is 6.36 Å². The monoisotopic (exact) mass is 286 g/mol. The van der Waals surface area contributed by atoms with Crippen LogP contribution in [0.15, 0.2) is 30.6 Å². The van der Waals surface area contributed by atoms with Crippen LogP contribution in [0, 0.1) is 0 Å². The van der Waals surface area contributed by atoms with Crippen molar-refractivity contribution in [3.8, 4) is 22.6 Å². The van der Waals surface area contributed by atoms with Crippen molar-refractivity contribution in [2.75, 3.05) is 0 Å². The van der Waals surface area contributed by atoms with E-state index in [1.54, 1.807) is 10.9 Å². The number of phenolic OH excluding ortho intramolecular Hbond substituents is 1. The quantitative estimate of drug-likeness (QED) is 0.935. The van der Waals surface area contributed by atoms with Gasteiger partial charge in [0, 0.05) is 23.4 Å². The van der Waals surface area contributed by atoms with Crippen LogP contribution >= 0.6 is 0 Å². The van der Waals surface area contributed by atoms with Crippen molar-refractivity contribution in [2.45, 2.75) is 26.3 Å². The zero-order chi connectivity index (χ0) is 14.9. The van der Waals surface area contributed by atoms with Gasteiger partial charge in [-0.15, -0.1) is 13.2 Å². The normalized spacial score (nSPS) is 11.9. The average molecular weight is 286 g/mol. The standard InChI is InChI=1S/C13H13F3N2O2/c1-8(2)18-7-9(6-17-18)11-5-10(3-4-12(11)19)20-13(14,15)16/h3-8,19H,1-2H3. The molecule has 0 aliphatic carbocycles. The Morgan fingerprint density at radius 2 is 2.00 bits per heavy atom. The van der Waals surface area contributed by atoms with Gasteiger partial charge in [0.2, 0.25) is 0 Å². The second-order valence-electron chi connectivity index (χ2n) is 4.53. The third-order valence-electron chi connectivity index (χ3n) is 2.64. The van der Waals surface area contributed by atoms with E-state index in [2.05, 4.69) is 9.84 Å². The second-order valence-corrected chi connectivity index (χ2v) is 4.53. The van der Waals surface area contributed by atoms with E-state index in [-0.39, 0.29) is 23.1 Å². The molecule has 1 aromatic carbocycles. The van der Waals surface area contributed by atoms with E-state index in [1.165, 1.54) is 6.20 Å². The molecule has 0 aliphatic rings. The van der Waals surface area contributed by atoms with Crippen LogP contribution < -0.4 is 4.74 Å². The Kier molecular flexibility index (Phi) is 3.61. The maximum Gasteiger partial charge on any atom is 0.573 e. The minimum Gasteiger partial charge on any atom is -0.507 e. The summed E-state index contributed by atoms with van der Waals surface area (Å²) in [7, 11) is 0. The predicted molar refractivity (Wildman–Crippen MR) is 66.4 cm³/mol. The van der Waals surface area contributed by atoms with E-state index in [0.717, 1.165) is 18.2 Å². The molecule has 1 aromatic heterocycles. The molecule has 0 unspecified atom stereocenters. The van der Waals surface area contributed by atoms with Crippen LogP contribution in [0.1, 0.15) is 19.9 Å². The van der Waals surface area contributed by atoms with Crippen LogP contribution in [-0.2, 0) is 0 Å². The summed E-state index contributed by atoms with van der Waals surface area (Å²) in [5, 5.41) is 13.8. The van der Waals surface area contributed by atoms with E-state index in [9.17, 15) is 18.3 Å². The molecule has 0 saturated carbocycles. The second kappa shape index (κ2) is 5.07. The van der Waals surface area contributed by atoms with Crippen LogP contribution in [0.25, 0.3) is 11.1 Å². The van der Waals surface area contributed by atoms with Gasteiger partial charge in [0.15, 0.2) is 0 Å². The summed E-state index contributed by atoms with van der Waals surface area (Å²) in [5.74, 6) is -0.523. The van der Waals surface area contributed by atoms with Crippen LogP contribution in [0.2, 0.25) is 0 Å². The Balaban J connectivity index is 2.37. The fourth-order valence-corrected chi connectivity index (χ4v) is 1.70. The van der Waals surface area contributed by atoms with E-state index < -0.39 is 6.36 Å². The van der Waals surface area contributed by atoms with Crippen LogP contribution in [0.3, 0.4) is 0 Å². The van der Waals surface area contributed by atoms with Gasteiger partial charge in [-0.05, 0) is 32.0 Å². The van der Waals surface area contributed by atoms with E-state index >= 15 is 0 Å². The highest BCUT2D eigenvalue weighted by Gasteiger charge is 2.31. The molecular formula is C13H13F3N2O2. The van der Waals surface area contributed by atoms with Crippen molar-refractivity contribution in [2.24, 2.45) is 0 Å². The molecule has 1 N–H and O–H groups in total. The highest BCUT2D eigenvalue weighted by atomic mass is 19.4. The first-order valence-corrected chi connectivity index (χ1v) is 5.89. The zero-order valence-corrected chi connectivity index (χ0v) is 10.8. The summed E-state index contributed by atoms with van der Waals surface area (Å²) in [4.78, 5) is 0. The number of aromatic nitrogens is 2. The SMILES string of the molecule is CC(C)n1cc(-c2cc(OC(F)(F)F)ccc2O)cn1. The van der Waals surface area contributed by atoms with Crippen molar-refractivity contribution in [3.05, 3.63) is 30.6 Å². The largest absolute Gasteiger partial charge is 0.573 e. The minimum atomic E-state index is -4.77. The van der Waals surface area contributed by atoms with E-state index in [4.69, 9.17) is 0 Å². The molecule has 2 rings (SSSR count). The van der Waals surface area contributed by atoms with Crippen molar-refractivity contribution in [1.82, 2.24) is 9.78 Å². The first-order valence-electron chi connectivity index (χ1n) is 5.89. The summed E-state index contributed by atoms with van der Waals surface area (Å²) in [6.07, 6.45) is -1.64. The Morgan fingerprint density at radius 1 is 1.30 bits per heavy atom. The van der Waals surface area contributed by atoms with Crippen molar-refractivity contribution >= 4 is 0 Å². The topological polar surface area (TPSA) is 47.3 Å². The molecule has 0 fully saturated rings. The van der Waals surface area contributed by atoms with Crippen molar-refractivity contribution in [1.29, 1.82) is 0 Å². The first kappa shape index (κ1) is 14.2. The molecule has 0 saturated heterocycles. The van der Waals surface area contributed by atoms with Gasteiger partial charge in [0.25, 0.3) is 0 Å². The van der Waals surface area contributed by atoms with Gasteiger partial charge in [-0.3, -0.25) is 4.68 Å². The Hall–Kier alpha value is -2.18. The number of rotatable bonds is 3. The van der Waals surface area contributed by atoms with Crippen LogP contribution in [0.4, 0.5) is 13.2 Å². The number of ether oxygens (including phenoxy) is 1. The maximum absolute atomic E-state index is 12.2. The lowest BCUT2D eigenvalue weighted by molar-refractivity contribution is -0.274. The summed E-state index contributed by atoms with van der Waals surface area (Å²) in [6, 6.07) is 3.45. The van der Waals surface area contributed by atoms with Crippen LogP contribution in [0.5, 0.6) is 11.5 Å². The summed E-state index contributed by atoms with van der Waals surface area (Å²) in [5.41, 5.74) is 0.752. The average Bonchev–Trinajstić information content (AvgIpc) is 2.79. The van der Waals surface area contributed by atoms with Gasteiger partial charge in [0.1, 0.15) is 11.5 Å². The lowest BCUT2D eigenvalue weighted by atomic mass is 10.1. The molecule has 0 atom stereocenters. The molecule has 0 amide bonds. The minimum absolute atomic E-state index is 0.112. The number of benzene rings is 1. The fourth-order valence-electron chi connectivity index (χ4n) is 1.70. The van der Waals surface area contributed by atoms with Crippen molar-refractivity contribution < 1.29 is 23.0 Å². The third-order valence-corrected chi connectivity index (χ3v) is 2.64. The molecule has 0 spiro atoms. The molecule has 108 valence electrons. The third kappa shape index (κ3) is 3.23. The Bertz CT molecular complexity index is 606. The molecule has 0 aliphatic heterocycles. The number of alkyl halides is 3. The summed E-state index contributed by atoms with van der Waals surface area (Å²) in [6.45, 7) is 3.83. The van der Waals surface area contributed by atoms with Crippen molar-refractivity contribution in [3.63, 3.8) is 0 Å². The number of aromatic hydroxyl groups is 1. The van der Waals surface area contributed by atoms with E-state index in [1.807, 2.05) is 13.8 Å². The Labute approximate surface area is 113 Å². The molecule has 7 heteroatoms. The smallest absolute Gasteiger partial charge is 0.507 e. The summed E-state index contributed by atoms with van der Waals surface area (Å²) >= 11 is 0. The predicted octanol–water partition coefficient (Wildman–Crippen LogP) is 3.74. The maximum atomic E-state index is 12.2. The lowest BCUT2D eigenvalue weighted by Gasteiger charge is -2.10. The van der Waals surface area contributed by atoms with Gasteiger partial charge in [0.05, 0.1) is 6.20 Å². The van der Waals surface area contributed by atoms with Crippen LogP contribution in [-0.4, -0.2) is 21.2 Å². The van der Waals surface area contributed by atoms with Gasteiger partial charge < -0.3 is 9.84 Å². The number of hydrogen-bond acceptors (Lipinski definition) is 3. The number of halogens is 3. The van der Waals surface area contributed by atoms with Gasteiger partial charge in [-0.25, -0.2) is 0 Å². The van der Waals surface area contributed by atoms with Gasteiger partial charge in [-0.2, -0.15) is 5.10 Å². The van der Waals surface area contributed by atoms with E-state index in [0.29, 0.717) is 5.56 Å². The first-order chi connectivity index (χ1) is 9.26. The highest BCUT2D eigenvalue weighted by Crippen LogP contribution is 2.34. The molecule has 20 heavy (non-hydrogen) atoms. The molecule has 0 radical (unpaired) electrons. The zero-order valence-electron chi connectivity index (χ0n) is 10.8. The fraction of sp³-hybridized carbons (Fsp3) is 0.308. The molecule has 0 bridgehead atoms. The number of nitrogens with zero attached hydrogens (tertiary/aromatic N) is 2. The lowest BCUT2D eigenvalue weighted by Crippen LogP contribution is -2.17. The number of hydrogen-bond donors (Lipinski definition) is 1. The molecule has 1 heterocycles. The highest BCUT2D eigenvalue weighted by molar-refractivity contribution is 5.70. The summed E-state index contributed by atoms with van der Waals surface area (Å²) < 4.78 is 42.0. The van der Waals surface area contributed by atoms with Gasteiger partial charge in [-0.1, -0.05) is 0 Å². The molecule has 4 nitrogen and oxygen atoms in total. The molecular weight excluding hydrogens is 273 g/mol. The molecule has 2 aromatic rings.